The Balaban J connectivity index is 0.000000845. The fourth-order valence-electron chi connectivity index (χ4n) is 2.37. The summed E-state index contributed by atoms with van der Waals surface area (Å²) in [5, 5.41) is 0. The van der Waals surface area contributed by atoms with Crippen LogP contribution in [-0.4, -0.2) is 44.3 Å². The molecule has 2 aliphatic heterocycles. The molecule has 0 bridgehead atoms. The first kappa shape index (κ1) is 11.2. The van der Waals surface area contributed by atoms with Crippen molar-refractivity contribution in [2.24, 2.45) is 11.1 Å². The lowest BCUT2D eigenvalue weighted by molar-refractivity contribution is 0.152. The van der Waals surface area contributed by atoms with E-state index in [0.29, 0.717) is 5.41 Å². The third kappa shape index (κ3) is 2.34. The second-order valence-electron chi connectivity index (χ2n) is 4.12. The zero-order valence-corrected chi connectivity index (χ0v) is 8.81. The average Bonchev–Trinajstić information content (AvgIpc) is 2.65. The number of likely N-dealkylation sites (tertiary alicyclic amines) is 1. The van der Waals surface area contributed by atoms with Gasteiger partial charge in [0.05, 0.1) is 6.61 Å². The van der Waals surface area contributed by atoms with Crippen molar-refractivity contribution in [3.63, 3.8) is 0 Å². The van der Waals surface area contributed by atoms with Crippen LogP contribution in [-0.2, 0) is 4.74 Å². The molecule has 0 aromatic heterocycles. The van der Waals surface area contributed by atoms with E-state index in [1.807, 2.05) is 0 Å². The predicted molar refractivity (Wildman–Crippen MR) is 55.2 cm³/mol. The van der Waals surface area contributed by atoms with Crippen LogP contribution < -0.4 is 5.73 Å². The zero-order chi connectivity index (χ0) is 8.44. The van der Waals surface area contributed by atoms with E-state index in [-0.39, 0.29) is 12.4 Å². The van der Waals surface area contributed by atoms with E-state index in [1.54, 1.807) is 0 Å². The van der Waals surface area contributed by atoms with Crippen molar-refractivity contribution in [1.29, 1.82) is 0 Å². The Morgan fingerprint density at radius 2 is 2.23 bits per heavy atom. The van der Waals surface area contributed by atoms with Gasteiger partial charge in [0, 0.05) is 31.7 Å². The summed E-state index contributed by atoms with van der Waals surface area (Å²) in [7, 11) is 0. The van der Waals surface area contributed by atoms with Crippen LogP contribution >= 0.6 is 12.4 Å². The number of rotatable bonds is 2. The number of ether oxygens (including phenoxy) is 1. The molecule has 0 saturated carbocycles. The summed E-state index contributed by atoms with van der Waals surface area (Å²) in [6.07, 6.45) is 2.57. The van der Waals surface area contributed by atoms with Crippen LogP contribution in [0.5, 0.6) is 0 Å². The topological polar surface area (TPSA) is 38.5 Å². The molecule has 2 N–H and O–H groups in total. The van der Waals surface area contributed by atoms with Crippen LogP contribution in [0.1, 0.15) is 12.8 Å². The van der Waals surface area contributed by atoms with Crippen molar-refractivity contribution in [1.82, 2.24) is 4.90 Å². The number of hydrogen-bond acceptors (Lipinski definition) is 3. The molecule has 0 amide bonds. The normalized spacial score (nSPS) is 33.9. The third-order valence-corrected chi connectivity index (χ3v) is 3.15. The summed E-state index contributed by atoms with van der Waals surface area (Å²) in [4.78, 5) is 2.47. The number of hydrogen-bond donors (Lipinski definition) is 1. The van der Waals surface area contributed by atoms with Crippen molar-refractivity contribution in [3.05, 3.63) is 0 Å². The van der Waals surface area contributed by atoms with Crippen molar-refractivity contribution >= 4 is 12.4 Å². The van der Waals surface area contributed by atoms with Gasteiger partial charge in [-0.25, -0.2) is 0 Å². The molecule has 1 unspecified atom stereocenters. The van der Waals surface area contributed by atoms with E-state index in [0.717, 1.165) is 26.3 Å². The summed E-state index contributed by atoms with van der Waals surface area (Å²) in [6, 6.07) is 0. The Bertz CT molecular complexity index is 160. The van der Waals surface area contributed by atoms with Gasteiger partial charge in [-0.1, -0.05) is 0 Å². The van der Waals surface area contributed by atoms with E-state index in [4.69, 9.17) is 10.5 Å². The van der Waals surface area contributed by atoms with Crippen molar-refractivity contribution in [2.75, 3.05) is 39.4 Å². The summed E-state index contributed by atoms with van der Waals surface area (Å²) >= 11 is 0. The zero-order valence-electron chi connectivity index (χ0n) is 8.00. The second kappa shape index (κ2) is 4.60. The highest BCUT2D eigenvalue weighted by atomic mass is 35.5. The van der Waals surface area contributed by atoms with E-state index >= 15 is 0 Å². The van der Waals surface area contributed by atoms with E-state index in [9.17, 15) is 0 Å². The number of nitrogens with zero attached hydrogens (tertiary/aromatic N) is 1. The minimum absolute atomic E-state index is 0. The molecule has 0 aromatic carbocycles. The van der Waals surface area contributed by atoms with E-state index in [1.165, 1.54) is 25.9 Å². The summed E-state index contributed by atoms with van der Waals surface area (Å²) in [5.74, 6) is 0. The SMILES string of the molecule is Cl.NCCN1CCC2(CCOC2)C1. The predicted octanol–water partition coefficient (Wildman–Crippen LogP) is 0.479. The quantitative estimate of drug-likeness (QED) is 0.715. The van der Waals surface area contributed by atoms with Gasteiger partial charge in [0.15, 0.2) is 0 Å². The molecule has 1 spiro atoms. The van der Waals surface area contributed by atoms with Crippen LogP contribution in [0.25, 0.3) is 0 Å². The van der Waals surface area contributed by atoms with Gasteiger partial charge < -0.3 is 15.4 Å². The molecule has 2 saturated heterocycles. The highest BCUT2D eigenvalue weighted by Crippen LogP contribution is 2.37. The Morgan fingerprint density at radius 1 is 1.38 bits per heavy atom. The van der Waals surface area contributed by atoms with Gasteiger partial charge in [0.2, 0.25) is 0 Å². The molecule has 2 fully saturated rings. The van der Waals surface area contributed by atoms with Crippen LogP contribution in [0, 0.1) is 5.41 Å². The van der Waals surface area contributed by atoms with Gasteiger partial charge in [0.25, 0.3) is 0 Å². The van der Waals surface area contributed by atoms with Crippen LogP contribution in [0.2, 0.25) is 0 Å². The summed E-state index contributed by atoms with van der Waals surface area (Å²) < 4.78 is 5.45. The molecule has 1 atom stereocenters. The largest absolute Gasteiger partial charge is 0.381 e. The minimum atomic E-state index is 0. The highest BCUT2D eigenvalue weighted by Gasteiger charge is 2.40. The summed E-state index contributed by atoms with van der Waals surface area (Å²) in [6.45, 7) is 6.23. The molecular formula is C9H19ClN2O. The minimum Gasteiger partial charge on any atom is -0.381 e. The molecule has 13 heavy (non-hydrogen) atoms. The standard InChI is InChI=1S/C9H18N2O.ClH/c10-3-5-11-4-1-9(7-11)2-6-12-8-9;/h1-8,10H2;1H. The Morgan fingerprint density at radius 3 is 2.85 bits per heavy atom. The molecule has 0 aromatic rings. The van der Waals surface area contributed by atoms with Crippen molar-refractivity contribution in [2.45, 2.75) is 12.8 Å². The molecule has 2 rings (SSSR count). The smallest absolute Gasteiger partial charge is 0.0536 e. The molecule has 4 heteroatoms. The molecule has 0 aliphatic carbocycles. The van der Waals surface area contributed by atoms with Crippen LogP contribution in [0.3, 0.4) is 0 Å². The maximum Gasteiger partial charge on any atom is 0.0536 e. The molecular weight excluding hydrogens is 188 g/mol. The van der Waals surface area contributed by atoms with Crippen molar-refractivity contribution in [3.8, 4) is 0 Å². The molecule has 78 valence electrons. The van der Waals surface area contributed by atoms with E-state index in [2.05, 4.69) is 4.90 Å². The summed E-state index contributed by atoms with van der Waals surface area (Å²) in [5.41, 5.74) is 6.03. The molecule has 0 radical (unpaired) electrons. The maximum absolute atomic E-state index is 5.52. The van der Waals surface area contributed by atoms with Crippen LogP contribution in [0.15, 0.2) is 0 Å². The fraction of sp³-hybridized carbons (Fsp3) is 1.00. The third-order valence-electron chi connectivity index (χ3n) is 3.15. The van der Waals surface area contributed by atoms with Gasteiger partial charge in [-0.05, 0) is 19.4 Å². The first-order valence-electron chi connectivity index (χ1n) is 4.85. The fourth-order valence-corrected chi connectivity index (χ4v) is 2.37. The van der Waals surface area contributed by atoms with Crippen molar-refractivity contribution < 1.29 is 4.74 Å². The Hall–Kier alpha value is 0.170. The Labute approximate surface area is 86.0 Å². The molecule has 2 heterocycles. The molecule has 2 aliphatic rings. The lowest BCUT2D eigenvalue weighted by Gasteiger charge is -2.21. The first-order valence-corrected chi connectivity index (χ1v) is 4.85. The monoisotopic (exact) mass is 206 g/mol. The lowest BCUT2D eigenvalue weighted by Crippen LogP contribution is -2.31. The average molecular weight is 207 g/mol. The van der Waals surface area contributed by atoms with Gasteiger partial charge in [-0.15, -0.1) is 12.4 Å². The second-order valence-corrected chi connectivity index (χ2v) is 4.12. The Kier molecular flexibility index (Phi) is 3.98. The van der Waals surface area contributed by atoms with Gasteiger partial charge in [-0.2, -0.15) is 0 Å². The number of nitrogens with two attached hydrogens (primary N) is 1. The molecule has 3 nitrogen and oxygen atoms in total. The maximum atomic E-state index is 5.52. The number of halogens is 1. The first-order chi connectivity index (χ1) is 5.85. The van der Waals surface area contributed by atoms with Gasteiger partial charge in [0.1, 0.15) is 0 Å². The lowest BCUT2D eigenvalue weighted by atomic mass is 9.87. The van der Waals surface area contributed by atoms with E-state index < -0.39 is 0 Å². The highest BCUT2D eigenvalue weighted by molar-refractivity contribution is 5.85. The van der Waals surface area contributed by atoms with Gasteiger partial charge in [-0.3, -0.25) is 0 Å². The van der Waals surface area contributed by atoms with Crippen LogP contribution in [0.4, 0.5) is 0 Å². The van der Waals surface area contributed by atoms with Gasteiger partial charge >= 0.3 is 0 Å².